The van der Waals surface area contributed by atoms with Gasteiger partial charge in [0.2, 0.25) is 11.8 Å². The number of nitrogens with one attached hydrogen (secondary N) is 1. The minimum absolute atomic E-state index is 0.580. The van der Waals surface area contributed by atoms with E-state index >= 15 is 0 Å². The molecule has 1 N–H and O–H groups in total. The maximum atomic E-state index is 12.3. The Balaban J connectivity index is 3.15. The molecule has 96 valence electrons. The van der Waals surface area contributed by atoms with Crippen LogP contribution in [0.25, 0.3) is 0 Å². The summed E-state index contributed by atoms with van der Waals surface area (Å²) in [6.45, 7) is 0. The zero-order chi connectivity index (χ0) is 13.3. The van der Waals surface area contributed by atoms with E-state index in [1.165, 1.54) is 7.05 Å². The summed E-state index contributed by atoms with van der Waals surface area (Å²) in [7, 11) is 1.19. The van der Waals surface area contributed by atoms with E-state index in [-0.39, 0.29) is 0 Å². The number of halogens is 6. The van der Waals surface area contributed by atoms with E-state index < -0.39 is 29.5 Å². The molecule has 0 aliphatic heterocycles. The molecule has 0 bridgehead atoms. The van der Waals surface area contributed by atoms with Gasteiger partial charge in [-0.15, -0.1) is 8.78 Å². The summed E-state index contributed by atoms with van der Waals surface area (Å²) in [5.41, 5.74) is -4.21. The molecule has 0 aliphatic rings. The Kier molecular flexibility index (Phi) is 3.55. The molecule has 0 aromatic carbocycles. The summed E-state index contributed by atoms with van der Waals surface area (Å²) in [6, 6.07) is -1.24. The molecule has 0 aliphatic carbocycles. The standard InChI is InChI=1S/C6H4ClF5N4O/c1-13-3-14-2(5(8,9)10)15-4(16-3)17-6(7,11)12/h1H3,(H,13,14,15,16). The first-order chi connectivity index (χ1) is 7.62. The van der Waals surface area contributed by atoms with Crippen molar-refractivity contribution in [3.8, 4) is 6.01 Å². The predicted molar refractivity (Wildman–Crippen MR) is 45.8 cm³/mol. The van der Waals surface area contributed by atoms with Crippen molar-refractivity contribution < 1.29 is 26.7 Å². The van der Waals surface area contributed by atoms with Gasteiger partial charge in [-0.1, -0.05) is 0 Å². The van der Waals surface area contributed by atoms with Gasteiger partial charge in [0.05, 0.1) is 0 Å². The highest BCUT2D eigenvalue weighted by molar-refractivity contribution is 6.20. The Morgan fingerprint density at radius 1 is 1.12 bits per heavy atom. The molecule has 1 rings (SSSR count). The number of aromatic nitrogens is 3. The molecule has 0 fully saturated rings. The first-order valence-corrected chi connectivity index (χ1v) is 4.26. The zero-order valence-electron chi connectivity index (χ0n) is 8.02. The average Bonchev–Trinajstić information content (AvgIpc) is 2.13. The molecule has 0 unspecified atom stereocenters. The zero-order valence-corrected chi connectivity index (χ0v) is 8.77. The molecule has 0 amide bonds. The van der Waals surface area contributed by atoms with E-state index in [0.29, 0.717) is 0 Å². The molecule has 0 spiro atoms. The summed E-state index contributed by atoms with van der Waals surface area (Å²) in [5, 5.41) is 2.14. The monoisotopic (exact) mass is 278 g/mol. The van der Waals surface area contributed by atoms with Crippen LogP contribution in [-0.4, -0.2) is 27.6 Å². The average molecular weight is 279 g/mol. The van der Waals surface area contributed by atoms with Crippen LogP contribution in [0.4, 0.5) is 27.9 Å². The number of alkyl halides is 6. The van der Waals surface area contributed by atoms with E-state index in [0.717, 1.165) is 0 Å². The van der Waals surface area contributed by atoms with Gasteiger partial charge in [-0.2, -0.15) is 28.1 Å². The first-order valence-electron chi connectivity index (χ1n) is 3.88. The molecule has 1 heterocycles. The summed E-state index contributed by atoms with van der Waals surface area (Å²) < 4.78 is 64.8. The summed E-state index contributed by atoms with van der Waals surface area (Å²) in [4.78, 5) is 8.72. The Morgan fingerprint density at radius 2 is 1.71 bits per heavy atom. The van der Waals surface area contributed by atoms with Crippen LogP contribution in [0.1, 0.15) is 5.82 Å². The third-order valence-electron chi connectivity index (χ3n) is 1.30. The van der Waals surface area contributed by atoms with Crippen LogP contribution >= 0.6 is 11.6 Å². The number of hydrogen-bond acceptors (Lipinski definition) is 5. The van der Waals surface area contributed by atoms with Crippen LogP contribution in [0.3, 0.4) is 0 Å². The minimum Gasteiger partial charge on any atom is -0.385 e. The van der Waals surface area contributed by atoms with Crippen molar-refractivity contribution in [2.75, 3.05) is 12.4 Å². The molecule has 0 atom stereocenters. The van der Waals surface area contributed by atoms with Crippen LogP contribution in [0.5, 0.6) is 6.01 Å². The van der Waals surface area contributed by atoms with Crippen molar-refractivity contribution in [2.45, 2.75) is 11.7 Å². The second-order valence-corrected chi connectivity index (χ2v) is 3.00. The van der Waals surface area contributed by atoms with Crippen molar-refractivity contribution in [2.24, 2.45) is 0 Å². The predicted octanol–water partition coefficient (Wildman–Crippen LogP) is 2.10. The van der Waals surface area contributed by atoms with Gasteiger partial charge in [0.15, 0.2) is 0 Å². The largest absolute Gasteiger partial charge is 0.489 e. The molecule has 0 radical (unpaired) electrons. The third-order valence-corrected chi connectivity index (χ3v) is 1.38. The van der Waals surface area contributed by atoms with Crippen molar-refractivity contribution in [3.63, 3.8) is 0 Å². The van der Waals surface area contributed by atoms with Crippen LogP contribution in [0.2, 0.25) is 0 Å². The fourth-order valence-corrected chi connectivity index (χ4v) is 0.813. The molecule has 1 aromatic heterocycles. The quantitative estimate of drug-likeness (QED) is 0.678. The topological polar surface area (TPSA) is 59.9 Å². The molecular weight excluding hydrogens is 275 g/mol. The Hall–Kier alpha value is -1.45. The Morgan fingerprint density at radius 3 is 2.12 bits per heavy atom. The highest BCUT2D eigenvalue weighted by atomic mass is 35.5. The van der Waals surface area contributed by atoms with Gasteiger partial charge in [0, 0.05) is 18.6 Å². The van der Waals surface area contributed by atoms with Gasteiger partial charge < -0.3 is 10.1 Å². The van der Waals surface area contributed by atoms with E-state index in [1.54, 1.807) is 0 Å². The van der Waals surface area contributed by atoms with Crippen LogP contribution in [0.15, 0.2) is 0 Å². The third kappa shape index (κ3) is 4.13. The lowest BCUT2D eigenvalue weighted by atomic mass is 10.6. The van der Waals surface area contributed by atoms with Crippen molar-refractivity contribution >= 4 is 17.5 Å². The molecular formula is C6H4ClF5N4O. The number of rotatable bonds is 3. The lowest BCUT2D eigenvalue weighted by Crippen LogP contribution is -2.21. The van der Waals surface area contributed by atoms with Crippen LogP contribution in [-0.2, 0) is 6.18 Å². The maximum absolute atomic E-state index is 12.3. The van der Waals surface area contributed by atoms with Gasteiger partial charge in [0.1, 0.15) is 0 Å². The highest BCUT2D eigenvalue weighted by Gasteiger charge is 2.37. The lowest BCUT2D eigenvalue weighted by Gasteiger charge is -2.11. The molecule has 11 heteroatoms. The van der Waals surface area contributed by atoms with Gasteiger partial charge in [-0.25, -0.2) is 0 Å². The van der Waals surface area contributed by atoms with Crippen LogP contribution < -0.4 is 10.1 Å². The maximum Gasteiger partial charge on any atom is 0.489 e. The molecule has 5 nitrogen and oxygen atoms in total. The van der Waals surface area contributed by atoms with Gasteiger partial charge >= 0.3 is 17.8 Å². The van der Waals surface area contributed by atoms with E-state index in [1.807, 2.05) is 0 Å². The first kappa shape index (κ1) is 13.6. The normalized spacial score (nSPS) is 12.4. The number of anilines is 1. The van der Waals surface area contributed by atoms with Crippen molar-refractivity contribution in [1.82, 2.24) is 15.0 Å². The number of nitrogens with zero attached hydrogens (tertiary/aromatic N) is 3. The minimum atomic E-state index is -4.92. The molecule has 17 heavy (non-hydrogen) atoms. The second kappa shape index (κ2) is 4.43. The smallest absolute Gasteiger partial charge is 0.385 e. The number of hydrogen-bond donors (Lipinski definition) is 1. The summed E-state index contributed by atoms with van der Waals surface area (Å²) >= 11 is 4.37. The number of ether oxygens (including phenoxy) is 1. The lowest BCUT2D eigenvalue weighted by molar-refractivity contribution is -0.147. The molecule has 1 aromatic rings. The second-order valence-electron chi connectivity index (χ2n) is 2.56. The van der Waals surface area contributed by atoms with Crippen molar-refractivity contribution in [3.05, 3.63) is 5.82 Å². The highest BCUT2D eigenvalue weighted by Crippen LogP contribution is 2.29. The van der Waals surface area contributed by atoms with Crippen molar-refractivity contribution in [1.29, 1.82) is 0 Å². The van der Waals surface area contributed by atoms with E-state index in [9.17, 15) is 22.0 Å². The fourth-order valence-electron chi connectivity index (χ4n) is 0.744. The summed E-state index contributed by atoms with van der Waals surface area (Å²) in [6.07, 6.45) is -4.92. The van der Waals surface area contributed by atoms with Gasteiger partial charge in [-0.3, -0.25) is 0 Å². The summed E-state index contributed by atoms with van der Waals surface area (Å²) in [5.74, 6) is -2.25. The van der Waals surface area contributed by atoms with Gasteiger partial charge in [0.25, 0.3) is 0 Å². The SMILES string of the molecule is CNc1nc(OC(F)(F)Cl)nc(C(F)(F)F)n1. The van der Waals surface area contributed by atoms with Crippen LogP contribution in [0, 0.1) is 0 Å². The molecule has 0 saturated carbocycles. The van der Waals surface area contributed by atoms with Gasteiger partial charge in [-0.05, 0) is 0 Å². The Bertz CT molecular complexity index is 406. The Labute approximate surface area is 96.0 Å². The molecule has 0 saturated heterocycles. The fraction of sp³-hybridized carbons (Fsp3) is 0.500. The van der Waals surface area contributed by atoms with E-state index in [2.05, 4.69) is 36.6 Å². The van der Waals surface area contributed by atoms with E-state index in [4.69, 9.17) is 0 Å².